The summed E-state index contributed by atoms with van der Waals surface area (Å²) in [6.07, 6.45) is 2.65. The fourth-order valence-corrected chi connectivity index (χ4v) is 2.66. The number of carbonyl (C=O) groups excluding carboxylic acids is 2. The Morgan fingerprint density at radius 3 is 2.74 bits per heavy atom. The lowest BCUT2D eigenvalue weighted by Crippen LogP contribution is -2.46. The van der Waals surface area contributed by atoms with Crippen LogP contribution in [-0.4, -0.2) is 49.2 Å². The number of hydrogen-bond donors (Lipinski definition) is 0. The first-order chi connectivity index (χ1) is 11.0. The number of hydrogen-bond acceptors (Lipinski definition) is 4. The topological polar surface area (TPSA) is 55.8 Å². The van der Waals surface area contributed by atoms with E-state index in [0.717, 1.165) is 0 Å². The van der Waals surface area contributed by atoms with Crippen molar-refractivity contribution in [1.82, 2.24) is 4.90 Å². The van der Waals surface area contributed by atoms with E-state index in [4.69, 9.17) is 32.7 Å². The number of ether oxygens (including phenoxy) is 2. The molecule has 1 aromatic rings. The van der Waals surface area contributed by atoms with Gasteiger partial charge in [-0.1, -0.05) is 29.3 Å². The van der Waals surface area contributed by atoms with Crippen LogP contribution in [0, 0.1) is 0 Å². The molecule has 1 saturated heterocycles. The molecule has 0 spiro atoms. The molecule has 124 valence electrons. The van der Waals surface area contributed by atoms with E-state index < -0.39 is 5.97 Å². The summed E-state index contributed by atoms with van der Waals surface area (Å²) < 4.78 is 10.3. The van der Waals surface area contributed by atoms with Crippen LogP contribution in [0.3, 0.4) is 0 Å². The minimum atomic E-state index is -0.629. The standard InChI is InChI=1S/C16H17Cl2NO4/c1-11-9-19(7-8-22-11)15(20)10-23-16(21)6-5-12-13(17)3-2-4-14(12)18/h2-6,11H,7-10H2,1H3. The molecule has 0 N–H and O–H groups in total. The fraction of sp³-hybridized carbons (Fsp3) is 0.375. The second kappa shape index (κ2) is 8.34. The zero-order valence-corrected chi connectivity index (χ0v) is 14.1. The van der Waals surface area contributed by atoms with E-state index in [1.165, 1.54) is 12.2 Å². The highest BCUT2D eigenvalue weighted by atomic mass is 35.5. The van der Waals surface area contributed by atoms with Gasteiger partial charge in [0.05, 0.1) is 12.7 Å². The monoisotopic (exact) mass is 357 g/mol. The Bertz CT molecular complexity index is 598. The molecule has 1 aromatic carbocycles. The van der Waals surface area contributed by atoms with Crippen LogP contribution in [0.15, 0.2) is 24.3 Å². The second-order valence-electron chi connectivity index (χ2n) is 5.10. The number of esters is 1. The van der Waals surface area contributed by atoms with Gasteiger partial charge in [0.2, 0.25) is 0 Å². The van der Waals surface area contributed by atoms with Crippen molar-refractivity contribution in [3.8, 4) is 0 Å². The van der Waals surface area contributed by atoms with E-state index in [0.29, 0.717) is 35.3 Å². The van der Waals surface area contributed by atoms with Gasteiger partial charge in [0.15, 0.2) is 6.61 Å². The van der Waals surface area contributed by atoms with Crippen LogP contribution in [0.5, 0.6) is 0 Å². The van der Waals surface area contributed by atoms with Crippen LogP contribution in [0.4, 0.5) is 0 Å². The van der Waals surface area contributed by atoms with Crippen molar-refractivity contribution in [2.45, 2.75) is 13.0 Å². The quantitative estimate of drug-likeness (QED) is 0.614. The maximum Gasteiger partial charge on any atom is 0.331 e. The summed E-state index contributed by atoms with van der Waals surface area (Å²) in [4.78, 5) is 25.3. The zero-order chi connectivity index (χ0) is 16.8. The molecule has 0 saturated carbocycles. The minimum Gasteiger partial charge on any atom is -0.452 e. The van der Waals surface area contributed by atoms with Crippen molar-refractivity contribution in [2.24, 2.45) is 0 Å². The number of carbonyl (C=O) groups is 2. The SMILES string of the molecule is CC1CN(C(=O)COC(=O)C=Cc2c(Cl)cccc2Cl)CCO1. The minimum absolute atomic E-state index is 0.00865. The van der Waals surface area contributed by atoms with E-state index in [1.54, 1.807) is 23.1 Å². The van der Waals surface area contributed by atoms with Gasteiger partial charge in [0, 0.05) is 34.8 Å². The molecule has 1 amide bonds. The van der Waals surface area contributed by atoms with Gasteiger partial charge in [-0.15, -0.1) is 0 Å². The normalized spacial score (nSPS) is 18.2. The number of amides is 1. The number of halogens is 2. The summed E-state index contributed by atoms with van der Waals surface area (Å²) in [5.41, 5.74) is 0.529. The van der Waals surface area contributed by atoms with Gasteiger partial charge in [-0.3, -0.25) is 4.79 Å². The molecular formula is C16H17Cl2NO4. The summed E-state index contributed by atoms with van der Waals surface area (Å²) in [5.74, 6) is -0.867. The molecule has 23 heavy (non-hydrogen) atoms. The third-order valence-electron chi connectivity index (χ3n) is 3.32. The summed E-state index contributed by atoms with van der Waals surface area (Å²) in [5, 5.41) is 0.861. The average molecular weight is 358 g/mol. The molecule has 1 heterocycles. The highest BCUT2D eigenvalue weighted by molar-refractivity contribution is 6.37. The number of benzene rings is 1. The molecule has 1 aliphatic heterocycles. The summed E-state index contributed by atoms with van der Waals surface area (Å²) >= 11 is 12.0. The van der Waals surface area contributed by atoms with Crippen molar-refractivity contribution in [2.75, 3.05) is 26.3 Å². The predicted molar refractivity (Wildman–Crippen MR) is 88.4 cm³/mol. The molecule has 1 fully saturated rings. The number of rotatable bonds is 4. The first-order valence-electron chi connectivity index (χ1n) is 7.15. The van der Waals surface area contributed by atoms with Crippen LogP contribution in [0.1, 0.15) is 12.5 Å². The van der Waals surface area contributed by atoms with Crippen molar-refractivity contribution >= 4 is 41.2 Å². The molecule has 1 atom stereocenters. The third kappa shape index (κ3) is 5.23. The Hall–Kier alpha value is -1.56. The molecule has 0 aliphatic carbocycles. The molecule has 7 heteroatoms. The van der Waals surface area contributed by atoms with Crippen molar-refractivity contribution in [3.05, 3.63) is 39.9 Å². The molecule has 0 aromatic heterocycles. The number of morpholine rings is 1. The maximum absolute atomic E-state index is 12.0. The molecule has 0 bridgehead atoms. The highest BCUT2D eigenvalue weighted by Gasteiger charge is 2.21. The zero-order valence-electron chi connectivity index (χ0n) is 12.6. The Balaban J connectivity index is 1.85. The van der Waals surface area contributed by atoms with Gasteiger partial charge in [0.25, 0.3) is 5.91 Å². The molecule has 2 rings (SSSR count). The first kappa shape index (κ1) is 17.8. The van der Waals surface area contributed by atoms with Crippen molar-refractivity contribution in [1.29, 1.82) is 0 Å². The highest BCUT2D eigenvalue weighted by Crippen LogP contribution is 2.25. The van der Waals surface area contributed by atoms with Gasteiger partial charge in [-0.25, -0.2) is 4.79 Å². The molecule has 5 nitrogen and oxygen atoms in total. The lowest BCUT2D eigenvalue weighted by atomic mass is 10.2. The Morgan fingerprint density at radius 2 is 2.09 bits per heavy atom. The smallest absolute Gasteiger partial charge is 0.331 e. The van der Waals surface area contributed by atoms with Crippen LogP contribution in [-0.2, 0) is 19.1 Å². The largest absolute Gasteiger partial charge is 0.452 e. The predicted octanol–water partition coefficient (Wildman–Crippen LogP) is 2.80. The van der Waals surface area contributed by atoms with Gasteiger partial charge in [0.1, 0.15) is 0 Å². The fourth-order valence-electron chi connectivity index (χ4n) is 2.14. The Kier molecular flexibility index (Phi) is 6.45. The van der Waals surface area contributed by atoms with Crippen LogP contribution < -0.4 is 0 Å². The Labute approximate surface area is 144 Å². The molecule has 1 aliphatic rings. The molecule has 1 unspecified atom stereocenters. The van der Waals surface area contributed by atoms with Crippen LogP contribution in [0.2, 0.25) is 10.0 Å². The summed E-state index contributed by atoms with van der Waals surface area (Å²) in [6, 6.07) is 5.05. The lowest BCUT2D eigenvalue weighted by molar-refractivity contribution is -0.151. The van der Waals surface area contributed by atoms with Crippen molar-refractivity contribution in [3.63, 3.8) is 0 Å². The van der Waals surface area contributed by atoms with Gasteiger partial charge in [-0.05, 0) is 25.1 Å². The lowest BCUT2D eigenvalue weighted by Gasteiger charge is -2.30. The van der Waals surface area contributed by atoms with E-state index in [1.807, 2.05) is 6.92 Å². The average Bonchev–Trinajstić information content (AvgIpc) is 2.52. The molecule has 0 radical (unpaired) electrons. The van der Waals surface area contributed by atoms with E-state index in [9.17, 15) is 9.59 Å². The van der Waals surface area contributed by atoms with Gasteiger partial charge >= 0.3 is 5.97 Å². The summed E-state index contributed by atoms with van der Waals surface area (Å²) in [7, 11) is 0. The van der Waals surface area contributed by atoms with E-state index in [2.05, 4.69) is 0 Å². The second-order valence-corrected chi connectivity index (χ2v) is 5.91. The van der Waals surface area contributed by atoms with Crippen LogP contribution >= 0.6 is 23.2 Å². The molecular weight excluding hydrogens is 341 g/mol. The number of nitrogens with zero attached hydrogens (tertiary/aromatic N) is 1. The first-order valence-corrected chi connectivity index (χ1v) is 7.91. The third-order valence-corrected chi connectivity index (χ3v) is 3.98. The van der Waals surface area contributed by atoms with Gasteiger partial charge < -0.3 is 14.4 Å². The van der Waals surface area contributed by atoms with Gasteiger partial charge in [-0.2, -0.15) is 0 Å². The maximum atomic E-state index is 12.0. The van der Waals surface area contributed by atoms with E-state index >= 15 is 0 Å². The van der Waals surface area contributed by atoms with E-state index in [-0.39, 0.29) is 18.6 Å². The Morgan fingerprint density at radius 1 is 1.39 bits per heavy atom. The van der Waals surface area contributed by atoms with Crippen molar-refractivity contribution < 1.29 is 19.1 Å². The van der Waals surface area contributed by atoms with Crippen LogP contribution in [0.25, 0.3) is 6.08 Å². The summed E-state index contributed by atoms with van der Waals surface area (Å²) in [6.45, 7) is 3.09.